The maximum Gasteiger partial charge on any atom is 0.223 e. The Balaban J connectivity index is 2.54. The number of benzene rings is 1. The van der Waals surface area contributed by atoms with Gasteiger partial charge < -0.3 is 0 Å². The standard InChI is InChI=1S/C12H10ClNO2S/c1-9-2-4-11(5-3-9)17(15,16)12-8-10(13)6-7-14-12/h2-8H,1H3. The van der Waals surface area contributed by atoms with Gasteiger partial charge in [-0.3, -0.25) is 0 Å². The molecule has 0 aliphatic heterocycles. The van der Waals surface area contributed by atoms with E-state index in [0.29, 0.717) is 5.02 Å². The first-order valence-corrected chi connectivity index (χ1v) is 6.79. The van der Waals surface area contributed by atoms with Gasteiger partial charge in [0.1, 0.15) is 0 Å². The summed E-state index contributed by atoms with van der Waals surface area (Å²) in [6.45, 7) is 1.90. The van der Waals surface area contributed by atoms with Crippen molar-refractivity contribution in [1.82, 2.24) is 4.98 Å². The minimum absolute atomic E-state index is 0.0335. The van der Waals surface area contributed by atoms with Crippen molar-refractivity contribution in [3.63, 3.8) is 0 Å². The van der Waals surface area contributed by atoms with Gasteiger partial charge in [-0.1, -0.05) is 29.3 Å². The minimum atomic E-state index is -3.57. The van der Waals surface area contributed by atoms with Crippen LogP contribution >= 0.6 is 11.6 Å². The second-order valence-corrected chi connectivity index (χ2v) is 5.96. The van der Waals surface area contributed by atoms with Crippen LogP contribution in [0.5, 0.6) is 0 Å². The first-order chi connectivity index (χ1) is 8.00. The van der Waals surface area contributed by atoms with Gasteiger partial charge in [0.05, 0.1) is 4.90 Å². The molecule has 1 aromatic carbocycles. The highest BCUT2D eigenvalue weighted by Gasteiger charge is 2.18. The number of hydrogen-bond acceptors (Lipinski definition) is 3. The molecule has 0 N–H and O–H groups in total. The first-order valence-electron chi connectivity index (χ1n) is 4.93. The zero-order valence-electron chi connectivity index (χ0n) is 9.09. The van der Waals surface area contributed by atoms with Gasteiger partial charge in [-0.15, -0.1) is 0 Å². The van der Waals surface area contributed by atoms with E-state index in [1.165, 1.54) is 18.3 Å². The van der Waals surface area contributed by atoms with Crippen molar-refractivity contribution in [3.05, 3.63) is 53.2 Å². The summed E-state index contributed by atoms with van der Waals surface area (Å²) >= 11 is 5.76. The van der Waals surface area contributed by atoms with Crippen molar-refractivity contribution in [2.24, 2.45) is 0 Å². The Morgan fingerprint density at radius 2 is 1.76 bits per heavy atom. The third kappa shape index (κ3) is 2.48. The maximum absolute atomic E-state index is 12.2. The summed E-state index contributed by atoms with van der Waals surface area (Å²) in [5.74, 6) is 0. The quantitative estimate of drug-likeness (QED) is 0.841. The molecule has 0 unspecified atom stereocenters. The molecule has 2 rings (SSSR count). The Bertz CT molecular complexity index is 636. The Morgan fingerprint density at radius 3 is 2.35 bits per heavy atom. The summed E-state index contributed by atoms with van der Waals surface area (Å²) in [4.78, 5) is 4.06. The Labute approximate surface area is 105 Å². The molecule has 0 bridgehead atoms. The fourth-order valence-corrected chi connectivity index (χ4v) is 2.81. The molecule has 5 heteroatoms. The van der Waals surface area contributed by atoms with Crippen molar-refractivity contribution >= 4 is 21.4 Å². The molecule has 0 radical (unpaired) electrons. The number of rotatable bonds is 2. The molecule has 0 saturated carbocycles. The van der Waals surface area contributed by atoms with E-state index in [9.17, 15) is 8.42 Å². The molecule has 0 saturated heterocycles. The second-order valence-electron chi connectivity index (χ2n) is 3.63. The molecule has 0 atom stereocenters. The molecule has 3 nitrogen and oxygen atoms in total. The molecule has 88 valence electrons. The molecule has 0 aliphatic carbocycles. The highest BCUT2D eigenvalue weighted by Crippen LogP contribution is 2.21. The Kier molecular flexibility index (Phi) is 3.17. The molecular formula is C12H10ClNO2S. The third-order valence-corrected chi connectivity index (χ3v) is 4.21. The summed E-state index contributed by atoms with van der Waals surface area (Å²) in [5, 5.41) is 0.319. The third-order valence-electron chi connectivity index (χ3n) is 2.30. The van der Waals surface area contributed by atoms with Crippen LogP contribution in [0.25, 0.3) is 0 Å². The zero-order valence-corrected chi connectivity index (χ0v) is 10.7. The monoisotopic (exact) mass is 267 g/mol. The van der Waals surface area contributed by atoms with Crippen molar-refractivity contribution in [2.45, 2.75) is 16.8 Å². The van der Waals surface area contributed by atoms with Crippen LogP contribution in [0.4, 0.5) is 0 Å². The lowest BCUT2D eigenvalue weighted by Gasteiger charge is -2.04. The first kappa shape index (κ1) is 12.1. The molecule has 1 aromatic heterocycles. The van der Waals surface area contributed by atoms with Gasteiger partial charge in [0.2, 0.25) is 9.84 Å². The maximum atomic E-state index is 12.2. The zero-order chi connectivity index (χ0) is 12.5. The smallest absolute Gasteiger partial charge is 0.223 e. The molecule has 1 heterocycles. The molecule has 0 fully saturated rings. The van der Waals surface area contributed by atoms with Crippen LogP contribution in [0.1, 0.15) is 5.56 Å². The average Bonchev–Trinajstić information content (AvgIpc) is 2.29. The van der Waals surface area contributed by atoms with Crippen LogP contribution in [0.15, 0.2) is 52.5 Å². The van der Waals surface area contributed by atoms with E-state index < -0.39 is 9.84 Å². The summed E-state index contributed by atoms with van der Waals surface area (Å²) < 4.78 is 24.4. The van der Waals surface area contributed by atoms with Gasteiger partial charge in [-0.25, -0.2) is 13.4 Å². The number of aryl methyl sites for hydroxylation is 1. The van der Waals surface area contributed by atoms with Gasteiger partial charge in [0, 0.05) is 11.2 Å². The van der Waals surface area contributed by atoms with Crippen LogP contribution in [0.2, 0.25) is 5.02 Å². The SMILES string of the molecule is Cc1ccc(S(=O)(=O)c2cc(Cl)ccn2)cc1. The fraction of sp³-hybridized carbons (Fsp3) is 0.0833. The highest BCUT2D eigenvalue weighted by atomic mass is 35.5. The van der Waals surface area contributed by atoms with Crippen LogP contribution < -0.4 is 0 Å². The molecule has 0 spiro atoms. The van der Waals surface area contributed by atoms with Gasteiger partial charge in [0.25, 0.3) is 0 Å². The van der Waals surface area contributed by atoms with E-state index in [1.807, 2.05) is 6.92 Å². The Hall–Kier alpha value is -1.39. The number of halogens is 1. The summed E-state index contributed by atoms with van der Waals surface area (Å²) in [7, 11) is -3.57. The molecule has 0 aliphatic rings. The van der Waals surface area contributed by atoms with Crippen LogP contribution in [-0.2, 0) is 9.84 Å². The molecule has 17 heavy (non-hydrogen) atoms. The number of nitrogens with zero attached hydrogens (tertiary/aromatic N) is 1. The Morgan fingerprint density at radius 1 is 1.12 bits per heavy atom. The van der Waals surface area contributed by atoms with Crippen molar-refractivity contribution in [2.75, 3.05) is 0 Å². The summed E-state index contributed by atoms with van der Waals surface area (Å²) in [5.41, 5.74) is 1.00. The highest BCUT2D eigenvalue weighted by molar-refractivity contribution is 7.91. The van der Waals surface area contributed by atoms with Crippen molar-refractivity contribution in [1.29, 1.82) is 0 Å². The number of sulfone groups is 1. The normalized spacial score (nSPS) is 11.4. The second kappa shape index (κ2) is 4.47. The topological polar surface area (TPSA) is 47.0 Å². The van der Waals surface area contributed by atoms with E-state index in [0.717, 1.165) is 5.56 Å². The fourth-order valence-electron chi connectivity index (χ4n) is 1.37. The number of pyridine rings is 1. The van der Waals surface area contributed by atoms with E-state index in [2.05, 4.69) is 4.98 Å². The van der Waals surface area contributed by atoms with Gasteiger partial charge in [-0.2, -0.15) is 0 Å². The van der Waals surface area contributed by atoms with E-state index in [-0.39, 0.29) is 9.92 Å². The van der Waals surface area contributed by atoms with Crippen LogP contribution in [0, 0.1) is 6.92 Å². The predicted octanol–water partition coefficient (Wildman–Crippen LogP) is 2.88. The predicted molar refractivity (Wildman–Crippen MR) is 65.9 cm³/mol. The van der Waals surface area contributed by atoms with Gasteiger partial charge in [0.15, 0.2) is 5.03 Å². The van der Waals surface area contributed by atoms with Gasteiger partial charge in [-0.05, 0) is 31.2 Å². The molecule has 0 amide bonds. The van der Waals surface area contributed by atoms with E-state index >= 15 is 0 Å². The van der Waals surface area contributed by atoms with E-state index in [1.54, 1.807) is 24.3 Å². The van der Waals surface area contributed by atoms with E-state index in [4.69, 9.17) is 11.6 Å². The largest absolute Gasteiger partial charge is 0.244 e. The minimum Gasteiger partial charge on any atom is -0.244 e. The lowest BCUT2D eigenvalue weighted by molar-refractivity contribution is 0.592. The van der Waals surface area contributed by atoms with Crippen molar-refractivity contribution < 1.29 is 8.42 Å². The summed E-state index contributed by atoms with van der Waals surface area (Å²) in [6.07, 6.45) is 1.38. The number of aromatic nitrogens is 1. The van der Waals surface area contributed by atoms with Gasteiger partial charge >= 0.3 is 0 Å². The average molecular weight is 268 g/mol. The lowest BCUT2D eigenvalue weighted by Crippen LogP contribution is -2.04. The lowest BCUT2D eigenvalue weighted by atomic mass is 10.2. The summed E-state index contributed by atoms with van der Waals surface area (Å²) in [6, 6.07) is 9.50. The molecular weight excluding hydrogens is 258 g/mol. The van der Waals surface area contributed by atoms with Crippen LogP contribution in [0.3, 0.4) is 0 Å². The molecule has 2 aromatic rings. The van der Waals surface area contributed by atoms with Crippen molar-refractivity contribution in [3.8, 4) is 0 Å². The number of hydrogen-bond donors (Lipinski definition) is 0. The van der Waals surface area contributed by atoms with Crippen LogP contribution in [-0.4, -0.2) is 13.4 Å².